The highest BCUT2D eigenvalue weighted by Gasteiger charge is 2.16. The lowest BCUT2D eigenvalue weighted by Crippen LogP contribution is -2.28. The maximum atomic E-state index is 13.0. The number of rotatable bonds is 6. The Bertz CT molecular complexity index is 703. The molecule has 2 aromatic rings. The van der Waals surface area contributed by atoms with Crippen LogP contribution in [0.4, 0.5) is 4.39 Å². The summed E-state index contributed by atoms with van der Waals surface area (Å²) < 4.78 is 18.9. The number of hydrogen-bond acceptors (Lipinski definition) is 4. The van der Waals surface area contributed by atoms with Crippen LogP contribution in [0.5, 0.6) is 5.75 Å². The third kappa shape index (κ3) is 5.41. The minimum Gasteiger partial charge on any atom is -0.492 e. The lowest BCUT2D eigenvalue weighted by atomic mass is 10.1. The number of nitrogens with one attached hydrogen (secondary N) is 1. The minimum absolute atomic E-state index is 0.127. The first kappa shape index (κ1) is 18.1. The molecule has 3 nitrogen and oxygen atoms in total. The summed E-state index contributed by atoms with van der Waals surface area (Å²) in [6.45, 7) is 0.661. The first-order valence-corrected chi connectivity index (χ1v) is 10.3. The molecular weight excluding hydrogens is 357 g/mol. The Morgan fingerprint density at radius 2 is 1.92 bits per heavy atom. The molecule has 1 aliphatic heterocycles. The Kier molecular flexibility index (Phi) is 6.64. The zero-order chi connectivity index (χ0) is 17.5. The van der Waals surface area contributed by atoms with Crippen LogP contribution in [0.15, 0.2) is 48.5 Å². The van der Waals surface area contributed by atoms with Crippen molar-refractivity contribution in [2.24, 2.45) is 0 Å². The van der Waals surface area contributed by atoms with Gasteiger partial charge in [-0.05, 0) is 47.8 Å². The summed E-state index contributed by atoms with van der Waals surface area (Å²) >= 11 is 3.93. The van der Waals surface area contributed by atoms with Crippen LogP contribution in [-0.4, -0.2) is 30.6 Å². The summed E-state index contributed by atoms with van der Waals surface area (Å²) in [6, 6.07) is 13.8. The van der Waals surface area contributed by atoms with Crippen molar-refractivity contribution in [3.8, 4) is 5.75 Å². The fraction of sp³-hybridized carbons (Fsp3) is 0.316. The first-order chi connectivity index (χ1) is 12.2. The average Bonchev–Trinajstić information content (AvgIpc) is 2.66. The van der Waals surface area contributed by atoms with E-state index in [0.29, 0.717) is 29.0 Å². The zero-order valence-corrected chi connectivity index (χ0v) is 15.4. The molecule has 2 aromatic carbocycles. The summed E-state index contributed by atoms with van der Waals surface area (Å²) in [6.07, 6.45) is 1.27. The van der Waals surface area contributed by atoms with Crippen LogP contribution < -0.4 is 10.1 Å². The Morgan fingerprint density at radius 1 is 1.16 bits per heavy atom. The average molecular weight is 378 g/mol. The molecule has 1 N–H and O–H groups in total. The van der Waals surface area contributed by atoms with E-state index in [1.54, 1.807) is 12.1 Å². The predicted molar refractivity (Wildman–Crippen MR) is 103 cm³/mol. The van der Waals surface area contributed by atoms with Crippen molar-refractivity contribution in [3.05, 3.63) is 65.5 Å². The number of carbonyl (C=O) groups excluding carboxylic acids is 1. The maximum absolute atomic E-state index is 13.0. The predicted octanol–water partition coefficient (Wildman–Crippen LogP) is 4.50. The summed E-state index contributed by atoms with van der Waals surface area (Å²) in [5, 5.41) is 2.81. The zero-order valence-electron chi connectivity index (χ0n) is 13.7. The van der Waals surface area contributed by atoms with Crippen LogP contribution in [0.3, 0.4) is 0 Å². The van der Waals surface area contributed by atoms with Crippen molar-refractivity contribution in [1.29, 1.82) is 0 Å². The quantitative estimate of drug-likeness (QED) is 0.752. The lowest BCUT2D eigenvalue weighted by Gasteiger charge is -2.21. The normalized spacial score (nSPS) is 14.9. The van der Waals surface area contributed by atoms with Gasteiger partial charge in [0.05, 0.1) is 11.1 Å². The van der Waals surface area contributed by atoms with Crippen LogP contribution in [0.25, 0.3) is 0 Å². The highest BCUT2D eigenvalue weighted by Crippen LogP contribution is 2.43. The van der Waals surface area contributed by atoms with Crippen molar-refractivity contribution in [3.63, 3.8) is 0 Å². The molecule has 6 heteroatoms. The van der Waals surface area contributed by atoms with Gasteiger partial charge in [-0.1, -0.05) is 18.2 Å². The van der Waals surface area contributed by atoms with Crippen molar-refractivity contribution < 1.29 is 13.9 Å². The molecule has 3 rings (SSSR count). The van der Waals surface area contributed by atoms with E-state index in [9.17, 15) is 9.18 Å². The summed E-state index contributed by atoms with van der Waals surface area (Å²) in [7, 11) is 0. The molecule has 0 unspecified atom stereocenters. The van der Waals surface area contributed by atoms with Gasteiger partial charge in [0.2, 0.25) is 0 Å². The van der Waals surface area contributed by atoms with Crippen LogP contribution in [-0.2, 0) is 0 Å². The van der Waals surface area contributed by atoms with E-state index < -0.39 is 0 Å². The molecule has 0 bridgehead atoms. The molecule has 1 heterocycles. The summed E-state index contributed by atoms with van der Waals surface area (Å²) in [5.74, 6) is 2.39. The highest BCUT2D eigenvalue weighted by molar-refractivity contribution is 8.16. The molecule has 25 heavy (non-hydrogen) atoms. The van der Waals surface area contributed by atoms with Crippen LogP contribution in [0, 0.1) is 5.82 Å². The van der Waals surface area contributed by atoms with E-state index in [4.69, 9.17) is 4.74 Å². The minimum atomic E-state index is -0.337. The Balaban J connectivity index is 1.44. The molecule has 0 aromatic heterocycles. The van der Waals surface area contributed by atoms with Gasteiger partial charge in [-0.2, -0.15) is 0 Å². The molecule has 132 valence electrons. The van der Waals surface area contributed by atoms with E-state index in [1.807, 2.05) is 47.8 Å². The van der Waals surface area contributed by atoms with E-state index in [2.05, 4.69) is 5.32 Å². The van der Waals surface area contributed by atoms with Crippen LogP contribution >= 0.6 is 23.5 Å². The van der Waals surface area contributed by atoms with E-state index in [0.717, 1.165) is 0 Å². The van der Waals surface area contributed by atoms with Crippen molar-refractivity contribution >= 4 is 29.4 Å². The van der Waals surface area contributed by atoms with Crippen molar-refractivity contribution in [2.45, 2.75) is 11.0 Å². The second-order valence-electron chi connectivity index (χ2n) is 5.61. The summed E-state index contributed by atoms with van der Waals surface area (Å²) in [4.78, 5) is 12.2. The van der Waals surface area contributed by atoms with E-state index in [-0.39, 0.29) is 11.7 Å². The van der Waals surface area contributed by atoms with Gasteiger partial charge < -0.3 is 10.1 Å². The standard InChI is InChI=1S/C19H20FNO2S2/c20-16-3-1-4-17(13-16)23-10-9-21-18(22)14-5-7-15(8-6-14)19-24-11-2-12-25-19/h1,3-8,13,19H,2,9-12H2,(H,21,22). The van der Waals surface area contributed by atoms with Gasteiger partial charge in [0.1, 0.15) is 18.2 Å². The Hall–Kier alpha value is -1.66. The third-order valence-electron chi connectivity index (χ3n) is 3.72. The highest BCUT2D eigenvalue weighted by atomic mass is 32.2. The van der Waals surface area contributed by atoms with Gasteiger partial charge in [-0.25, -0.2) is 4.39 Å². The molecule has 0 saturated carbocycles. The largest absolute Gasteiger partial charge is 0.492 e. The molecular formula is C19H20FNO2S2. The Morgan fingerprint density at radius 3 is 2.64 bits per heavy atom. The van der Waals surface area contributed by atoms with Gasteiger partial charge in [0.15, 0.2) is 0 Å². The van der Waals surface area contributed by atoms with Gasteiger partial charge >= 0.3 is 0 Å². The molecule has 0 spiro atoms. The SMILES string of the molecule is O=C(NCCOc1cccc(F)c1)c1ccc(C2SCCCS2)cc1. The van der Waals surface area contributed by atoms with E-state index >= 15 is 0 Å². The van der Waals surface area contributed by atoms with Gasteiger partial charge in [-0.15, -0.1) is 23.5 Å². The number of hydrogen-bond donors (Lipinski definition) is 1. The maximum Gasteiger partial charge on any atom is 0.251 e. The number of ether oxygens (including phenoxy) is 1. The smallest absolute Gasteiger partial charge is 0.251 e. The number of benzene rings is 2. The molecule has 0 atom stereocenters. The van der Waals surface area contributed by atoms with Crippen molar-refractivity contribution in [2.75, 3.05) is 24.7 Å². The number of thioether (sulfide) groups is 2. The monoisotopic (exact) mass is 377 g/mol. The Labute approximate surface area is 155 Å². The number of halogens is 1. The molecule has 0 aliphatic carbocycles. The van der Waals surface area contributed by atoms with Crippen LogP contribution in [0.1, 0.15) is 26.9 Å². The van der Waals surface area contributed by atoms with Crippen LogP contribution in [0.2, 0.25) is 0 Å². The second-order valence-corrected chi connectivity index (χ2v) is 8.34. The van der Waals surface area contributed by atoms with Gasteiger partial charge in [0.25, 0.3) is 5.91 Å². The third-order valence-corrected chi connectivity index (χ3v) is 6.74. The topological polar surface area (TPSA) is 38.3 Å². The first-order valence-electron chi connectivity index (χ1n) is 8.22. The summed E-state index contributed by atoms with van der Waals surface area (Å²) in [5.41, 5.74) is 1.90. The molecule has 1 fully saturated rings. The lowest BCUT2D eigenvalue weighted by molar-refractivity contribution is 0.0947. The van der Waals surface area contributed by atoms with E-state index in [1.165, 1.54) is 35.6 Å². The second kappa shape index (κ2) is 9.15. The van der Waals surface area contributed by atoms with Gasteiger partial charge in [0, 0.05) is 11.6 Å². The molecule has 0 radical (unpaired) electrons. The number of amides is 1. The number of carbonyl (C=O) groups is 1. The molecule has 1 saturated heterocycles. The molecule has 1 aliphatic rings. The van der Waals surface area contributed by atoms with Crippen molar-refractivity contribution in [1.82, 2.24) is 5.32 Å². The fourth-order valence-electron chi connectivity index (χ4n) is 2.46. The van der Waals surface area contributed by atoms with Gasteiger partial charge in [-0.3, -0.25) is 4.79 Å². The fourth-order valence-corrected chi connectivity index (χ4v) is 5.36. The molecule has 1 amide bonds.